The summed E-state index contributed by atoms with van der Waals surface area (Å²) in [5.41, 5.74) is 0.101. The predicted molar refractivity (Wildman–Crippen MR) is 92.1 cm³/mol. The minimum absolute atomic E-state index is 0.0653. The summed E-state index contributed by atoms with van der Waals surface area (Å²) in [6.07, 6.45) is 1.73. The van der Waals surface area contributed by atoms with Crippen LogP contribution in [0.1, 0.15) is 53.9 Å². The van der Waals surface area contributed by atoms with Gasteiger partial charge < -0.3 is 14.3 Å². The van der Waals surface area contributed by atoms with E-state index in [1.54, 1.807) is 0 Å². The average molecular weight is 330 g/mol. The Hall–Kier alpha value is -1.10. The quantitative estimate of drug-likeness (QED) is 0.380. The van der Waals surface area contributed by atoms with E-state index >= 15 is 0 Å². The van der Waals surface area contributed by atoms with E-state index in [-0.39, 0.29) is 29.6 Å². The van der Waals surface area contributed by atoms with Crippen molar-refractivity contribution in [2.75, 3.05) is 33.8 Å². The highest BCUT2D eigenvalue weighted by Gasteiger charge is 2.29. The lowest BCUT2D eigenvalue weighted by molar-refractivity contribution is -0.890. The summed E-state index contributed by atoms with van der Waals surface area (Å²) in [5, 5.41) is 8.75. The van der Waals surface area contributed by atoms with Gasteiger partial charge in [-0.3, -0.25) is 9.59 Å². The van der Waals surface area contributed by atoms with Gasteiger partial charge in [-0.25, -0.2) is 0 Å². The summed E-state index contributed by atoms with van der Waals surface area (Å²) in [7, 11) is 4.00. The summed E-state index contributed by atoms with van der Waals surface area (Å²) in [6.45, 7) is 12.3. The van der Waals surface area contributed by atoms with Crippen LogP contribution in [0.25, 0.3) is 0 Å². The molecular weight excluding hydrogens is 294 g/mol. The number of hydrogen-bond donors (Lipinski definition) is 1. The molecule has 5 nitrogen and oxygen atoms in total. The molecule has 0 aliphatic rings. The van der Waals surface area contributed by atoms with Gasteiger partial charge in [0, 0.05) is 6.42 Å². The van der Waals surface area contributed by atoms with Crippen molar-refractivity contribution in [3.05, 3.63) is 0 Å². The molecule has 0 saturated heterocycles. The number of carboxylic acids is 1. The molecule has 0 heterocycles. The molecular formula is C18H36NO4+. The predicted octanol–water partition coefficient (Wildman–Crippen LogP) is 3.18. The number of carbonyl (C=O) groups is 2. The van der Waals surface area contributed by atoms with Crippen LogP contribution < -0.4 is 0 Å². The second-order valence-corrected chi connectivity index (χ2v) is 8.66. The number of carbonyl (C=O) groups excluding carboxylic acids is 1. The molecule has 1 atom stereocenters. The van der Waals surface area contributed by atoms with Gasteiger partial charge in [-0.15, -0.1) is 0 Å². The van der Waals surface area contributed by atoms with Crippen LogP contribution in [0.2, 0.25) is 0 Å². The Balaban J connectivity index is 4.24. The topological polar surface area (TPSA) is 63.6 Å². The van der Waals surface area contributed by atoms with E-state index in [2.05, 4.69) is 34.6 Å². The van der Waals surface area contributed by atoms with Crippen molar-refractivity contribution in [2.24, 2.45) is 17.3 Å². The van der Waals surface area contributed by atoms with Crippen molar-refractivity contribution < 1.29 is 23.9 Å². The second-order valence-electron chi connectivity index (χ2n) is 8.66. The lowest BCUT2D eigenvalue weighted by Gasteiger charge is -2.29. The number of rotatable bonds is 10. The Labute approximate surface area is 141 Å². The highest BCUT2D eigenvalue weighted by molar-refractivity contribution is 5.72. The largest absolute Gasteiger partial charge is 0.481 e. The Bertz CT molecular complexity index is 383. The van der Waals surface area contributed by atoms with Crippen molar-refractivity contribution in [3.8, 4) is 0 Å². The van der Waals surface area contributed by atoms with Gasteiger partial charge in [0.15, 0.2) is 0 Å². The number of aliphatic carboxylic acids is 1. The highest BCUT2D eigenvalue weighted by atomic mass is 16.5. The molecule has 0 fully saturated rings. The lowest BCUT2D eigenvalue weighted by Crippen LogP contribution is -2.42. The van der Waals surface area contributed by atoms with Crippen LogP contribution in [0.3, 0.4) is 0 Å². The van der Waals surface area contributed by atoms with Crippen LogP contribution in [0.15, 0.2) is 0 Å². The molecule has 0 aliphatic carbocycles. The smallest absolute Gasteiger partial charge is 0.309 e. The fourth-order valence-corrected chi connectivity index (χ4v) is 2.53. The summed E-state index contributed by atoms with van der Waals surface area (Å²) in [5.74, 6) is -0.677. The standard InChI is InChI=1S/C18H35NO4/c1-14(2)15(13-18(3,4)5)17(22)23-12-8-10-19(6,7)11-9-16(20)21/h14-15H,8-13H2,1-7H3/p+1. The average Bonchev–Trinajstić information content (AvgIpc) is 2.37. The van der Waals surface area contributed by atoms with Crippen LogP contribution in [-0.2, 0) is 14.3 Å². The zero-order chi connectivity index (χ0) is 18.3. The maximum absolute atomic E-state index is 12.3. The molecule has 0 bridgehead atoms. The van der Waals surface area contributed by atoms with Gasteiger partial charge in [-0.1, -0.05) is 34.6 Å². The summed E-state index contributed by atoms with van der Waals surface area (Å²) < 4.78 is 6.09. The van der Waals surface area contributed by atoms with E-state index in [4.69, 9.17) is 9.84 Å². The minimum atomic E-state index is -0.774. The molecule has 0 aliphatic heterocycles. The fraction of sp³-hybridized carbons (Fsp3) is 0.889. The van der Waals surface area contributed by atoms with Gasteiger partial charge in [0.05, 0.1) is 46.1 Å². The van der Waals surface area contributed by atoms with Crippen molar-refractivity contribution >= 4 is 11.9 Å². The van der Waals surface area contributed by atoms with E-state index in [0.29, 0.717) is 17.6 Å². The number of quaternary nitrogens is 1. The first-order chi connectivity index (χ1) is 10.3. The fourth-order valence-electron chi connectivity index (χ4n) is 2.53. The van der Waals surface area contributed by atoms with Crippen LogP contribution in [0.4, 0.5) is 0 Å². The van der Waals surface area contributed by atoms with Gasteiger partial charge in [0.2, 0.25) is 0 Å². The summed E-state index contributed by atoms with van der Waals surface area (Å²) >= 11 is 0. The molecule has 23 heavy (non-hydrogen) atoms. The van der Waals surface area contributed by atoms with E-state index in [9.17, 15) is 9.59 Å². The van der Waals surface area contributed by atoms with Crippen LogP contribution in [-0.4, -0.2) is 55.3 Å². The zero-order valence-corrected chi connectivity index (χ0v) is 16.0. The van der Waals surface area contributed by atoms with Gasteiger partial charge in [0.1, 0.15) is 0 Å². The molecule has 0 saturated carbocycles. The van der Waals surface area contributed by atoms with Gasteiger partial charge >= 0.3 is 11.9 Å². The summed E-state index contributed by atoms with van der Waals surface area (Å²) in [4.78, 5) is 22.9. The Morgan fingerprint density at radius 1 is 1.13 bits per heavy atom. The maximum Gasteiger partial charge on any atom is 0.309 e. The molecule has 5 heteroatoms. The zero-order valence-electron chi connectivity index (χ0n) is 16.0. The van der Waals surface area contributed by atoms with E-state index in [1.807, 2.05) is 14.1 Å². The third-order valence-corrected chi connectivity index (χ3v) is 4.02. The molecule has 0 radical (unpaired) electrons. The Kier molecular flexibility index (Phi) is 8.82. The van der Waals surface area contributed by atoms with Crippen LogP contribution >= 0.6 is 0 Å². The Morgan fingerprint density at radius 3 is 2.13 bits per heavy atom. The minimum Gasteiger partial charge on any atom is -0.481 e. The van der Waals surface area contributed by atoms with Crippen LogP contribution in [0.5, 0.6) is 0 Å². The van der Waals surface area contributed by atoms with E-state index in [1.165, 1.54) is 0 Å². The summed E-state index contributed by atoms with van der Waals surface area (Å²) in [6, 6.07) is 0. The molecule has 0 rings (SSSR count). The van der Waals surface area contributed by atoms with Crippen molar-refractivity contribution in [1.29, 1.82) is 0 Å². The second kappa shape index (κ2) is 9.26. The molecule has 136 valence electrons. The highest BCUT2D eigenvalue weighted by Crippen LogP contribution is 2.29. The molecule has 0 aromatic carbocycles. The van der Waals surface area contributed by atoms with Crippen molar-refractivity contribution in [1.82, 2.24) is 0 Å². The first-order valence-electron chi connectivity index (χ1n) is 8.54. The molecule has 0 amide bonds. The third kappa shape index (κ3) is 11.1. The number of nitrogens with zero attached hydrogens (tertiary/aromatic N) is 1. The van der Waals surface area contributed by atoms with Crippen molar-refractivity contribution in [2.45, 2.75) is 53.9 Å². The van der Waals surface area contributed by atoms with E-state index in [0.717, 1.165) is 19.4 Å². The lowest BCUT2D eigenvalue weighted by atomic mass is 9.80. The molecule has 0 aromatic rings. The molecule has 0 aromatic heterocycles. The Morgan fingerprint density at radius 2 is 1.70 bits per heavy atom. The monoisotopic (exact) mass is 330 g/mol. The van der Waals surface area contributed by atoms with Crippen molar-refractivity contribution in [3.63, 3.8) is 0 Å². The number of hydrogen-bond acceptors (Lipinski definition) is 3. The molecule has 1 N–H and O–H groups in total. The number of carboxylic acid groups (broad SMARTS) is 1. The number of ether oxygens (including phenoxy) is 1. The van der Waals surface area contributed by atoms with Gasteiger partial charge in [-0.2, -0.15) is 0 Å². The first-order valence-corrected chi connectivity index (χ1v) is 8.54. The first kappa shape index (κ1) is 21.9. The van der Waals surface area contributed by atoms with Gasteiger partial charge in [-0.05, 0) is 17.8 Å². The van der Waals surface area contributed by atoms with Crippen LogP contribution in [0, 0.1) is 17.3 Å². The maximum atomic E-state index is 12.3. The molecule has 0 spiro atoms. The normalized spacial score (nSPS) is 13.9. The SMILES string of the molecule is CC(C)C(CC(C)(C)C)C(=O)OCCC[N+](C)(C)CCC(=O)O. The third-order valence-electron chi connectivity index (χ3n) is 4.02. The number of esters is 1. The van der Waals surface area contributed by atoms with Gasteiger partial charge in [0.25, 0.3) is 0 Å². The molecule has 1 unspecified atom stereocenters. The van der Waals surface area contributed by atoms with E-state index < -0.39 is 5.97 Å².